The second kappa shape index (κ2) is 4.65. The van der Waals surface area contributed by atoms with E-state index in [0.29, 0.717) is 0 Å². The lowest BCUT2D eigenvalue weighted by Crippen LogP contribution is -2.35. The molecular formula is C16H17NO2. The number of carbonyl (C=O) groups excluding carboxylic acids is 1. The second-order valence-corrected chi connectivity index (χ2v) is 5.00. The van der Waals surface area contributed by atoms with Crippen LogP contribution in [0.2, 0.25) is 0 Å². The molecule has 0 amide bonds. The Labute approximate surface area is 113 Å². The van der Waals surface area contributed by atoms with Crippen molar-refractivity contribution in [2.24, 2.45) is 4.99 Å². The van der Waals surface area contributed by atoms with E-state index in [9.17, 15) is 4.79 Å². The zero-order valence-corrected chi connectivity index (χ0v) is 11.1. The van der Waals surface area contributed by atoms with E-state index in [1.165, 1.54) is 13.5 Å². The van der Waals surface area contributed by atoms with E-state index < -0.39 is 5.54 Å². The number of methoxy groups -OCH3 is 1. The molecule has 1 aliphatic heterocycles. The molecule has 1 aromatic carbocycles. The summed E-state index contributed by atoms with van der Waals surface area (Å²) in [6.45, 7) is 0. The third-order valence-electron chi connectivity index (χ3n) is 3.86. The Morgan fingerprint density at radius 3 is 2.68 bits per heavy atom. The number of esters is 1. The monoisotopic (exact) mass is 255 g/mol. The number of hydrogen-bond acceptors (Lipinski definition) is 3. The van der Waals surface area contributed by atoms with Crippen molar-refractivity contribution < 1.29 is 9.53 Å². The smallest absolute Gasteiger partial charge is 0.344 e. The van der Waals surface area contributed by atoms with Crippen LogP contribution in [0.4, 0.5) is 0 Å². The summed E-state index contributed by atoms with van der Waals surface area (Å²) in [4.78, 5) is 16.7. The highest BCUT2D eigenvalue weighted by atomic mass is 16.5. The Bertz CT molecular complexity index is 559. The van der Waals surface area contributed by atoms with Crippen LogP contribution in [-0.4, -0.2) is 24.3 Å². The zero-order valence-electron chi connectivity index (χ0n) is 11.1. The summed E-state index contributed by atoms with van der Waals surface area (Å²) >= 11 is 0. The number of ether oxygens (including phenoxy) is 1. The van der Waals surface area contributed by atoms with Crippen molar-refractivity contribution in [3.05, 3.63) is 47.5 Å². The quantitative estimate of drug-likeness (QED) is 0.615. The van der Waals surface area contributed by atoms with Crippen molar-refractivity contribution in [2.75, 3.05) is 7.11 Å². The molecule has 1 atom stereocenters. The molecule has 98 valence electrons. The fourth-order valence-corrected chi connectivity index (χ4v) is 2.82. The molecule has 3 heteroatoms. The first-order valence-corrected chi connectivity index (χ1v) is 6.72. The van der Waals surface area contributed by atoms with Gasteiger partial charge in [-0.05, 0) is 36.8 Å². The Kier molecular flexibility index (Phi) is 2.97. The molecule has 0 bridgehead atoms. The fourth-order valence-electron chi connectivity index (χ4n) is 2.82. The van der Waals surface area contributed by atoms with Gasteiger partial charge < -0.3 is 4.74 Å². The Morgan fingerprint density at radius 2 is 2.05 bits per heavy atom. The predicted molar refractivity (Wildman–Crippen MR) is 74.3 cm³/mol. The highest BCUT2D eigenvalue weighted by Crippen LogP contribution is 2.44. The molecule has 1 unspecified atom stereocenters. The lowest BCUT2D eigenvalue weighted by Gasteiger charge is -2.20. The first-order chi connectivity index (χ1) is 9.29. The van der Waals surface area contributed by atoms with Crippen LogP contribution in [0.25, 0.3) is 0 Å². The van der Waals surface area contributed by atoms with Crippen molar-refractivity contribution in [3.8, 4) is 0 Å². The van der Waals surface area contributed by atoms with Gasteiger partial charge in [-0.2, -0.15) is 0 Å². The summed E-state index contributed by atoms with van der Waals surface area (Å²) in [5.74, 6) is -0.250. The number of nitrogens with zero attached hydrogens (tertiary/aromatic N) is 1. The first kappa shape index (κ1) is 12.2. The molecule has 1 aromatic rings. The first-order valence-electron chi connectivity index (χ1n) is 6.72. The Morgan fingerprint density at radius 1 is 1.26 bits per heavy atom. The number of carbonyl (C=O) groups is 1. The van der Waals surface area contributed by atoms with Crippen LogP contribution >= 0.6 is 0 Å². The minimum atomic E-state index is -0.809. The molecule has 0 aromatic heterocycles. The molecule has 19 heavy (non-hydrogen) atoms. The molecule has 0 N–H and O–H groups in total. The van der Waals surface area contributed by atoms with Crippen molar-refractivity contribution in [1.29, 1.82) is 0 Å². The molecule has 3 nitrogen and oxygen atoms in total. The number of aliphatic imine (C=N–C) groups is 1. The maximum absolute atomic E-state index is 12.2. The minimum absolute atomic E-state index is 0.250. The normalized spacial score (nSPS) is 25.3. The predicted octanol–water partition coefficient (Wildman–Crippen LogP) is 2.90. The van der Waals surface area contributed by atoms with Crippen molar-refractivity contribution >= 4 is 11.7 Å². The van der Waals surface area contributed by atoms with E-state index in [2.05, 4.69) is 11.1 Å². The second-order valence-electron chi connectivity index (χ2n) is 5.00. The van der Waals surface area contributed by atoms with Crippen molar-refractivity contribution in [1.82, 2.24) is 0 Å². The average molecular weight is 255 g/mol. The van der Waals surface area contributed by atoms with E-state index in [-0.39, 0.29) is 5.97 Å². The highest BCUT2D eigenvalue weighted by Gasteiger charge is 2.58. The maximum Gasteiger partial charge on any atom is 0.344 e. The number of rotatable bonds is 3. The fraction of sp³-hybridized carbons (Fsp3) is 0.375. The van der Waals surface area contributed by atoms with Crippen LogP contribution in [0.5, 0.6) is 0 Å². The highest BCUT2D eigenvalue weighted by molar-refractivity contribution is 6.31. The summed E-state index contributed by atoms with van der Waals surface area (Å²) in [6.07, 6.45) is 6.46. The molecule has 0 spiro atoms. The van der Waals surface area contributed by atoms with Gasteiger partial charge in [0.05, 0.1) is 12.8 Å². The lowest BCUT2D eigenvalue weighted by molar-refractivity contribution is -0.141. The van der Waals surface area contributed by atoms with Gasteiger partial charge in [-0.15, -0.1) is 0 Å². The van der Waals surface area contributed by atoms with Gasteiger partial charge >= 0.3 is 5.97 Å². The summed E-state index contributed by atoms with van der Waals surface area (Å²) in [5.41, 5.74) is 2.17. The molecule has 1 heterocycles. The van der Waals surface area contributed by atoms with E-state index in [1.54, 1.807) is 0 Å². The number of benzene rings is 1. The van der Waals surface area contributed by atoms with Gasteiger partial charge in [0.2, 0.25) is 5.54 Å². The van der Waals surface area contributed by atoms with E-state index >= 15 is 0 Å². The van der Waals surface area contributed by atoms with Gasteiger partial charge in [0, 0.05) is 0 Å². The number of allylic oxidation sites excluding steroid dienone is 1. The SMILES string of the molecule is COC(=O)C1(C2=CCCCC2)N=C1c1ccccc1. The molecule has 0 fully saturated rings. The van der Waals surface area contributed by atoms with Gasteiger partial charge in [-0.3, -0.25) is 4.99 Å². The summed E-state index contributed by atoms with van der Waals surface area (Å²) < 4.78 is 4.99. The van der Waals surface area contributed by atoms with E-state index in [4.69, 9.17) is 4.74 Å². The van der Waals surface area contributed by atoms with E-state index in [0.717, 1.165) is 36.1 Å². The topological polar surface area (TPSA) is 38.7 Å². The standard InChI is InChI=1S/C16H17NO2/c1-19-15(18)16(13-10-6-3-7-11-13)14(17-16)12-8-4-2-5-9-12/h2,4-5,8-10H,3,6-7,11H2,1H3. The van der Waals surface area contributed by atoms with Gasteiger partial charge in [0.25, 0.3) is 0 Å². The zero-order chi connectivity index (χ0) is 13.3. The maximum atomic E-state index is 12.2. The molecule has 0 saturated heterocycles. The van der Waals surface area contributed by atoms with Gasteiger partial charge in [-0.25, -0.2) is 4.79 Å². The van der Waals surface area contributed by atoms with Gasteiger partial charge in [0.1, 0.15) is 0 Å². The van der Waals surface area contributed by atoms with Crippen LogP contribution in [0.1, 0.15) is 31.2 Å². The van der Waals surface area contributed by atoms with Crippen molar-refractivity contribution in [2.45, 2.75) is 31.2 Å². The third-order valence-corrected chi connectivity index (χ3v) is 3.86. The molecule has 3 rings (SSSR count). The molecular weight excluding hydrogens is 238 g/mol. The van der Waals surface area contributed by atoms with Gasteiger partial charge in [-0.1, -0.05) is 36.4 Å². The lowest BCUT2D eigenvalue weighted by atomic mass is 9.83. The summed E-state index contributed by atoms with van der Waals surface area (Å²) in [6, 6.07) is 9.88. The summed E-state index contributed by atoms with van der Waals surface area (Å²) in [7, 11) is 1.43. The van der Waals surface area contributed by atoms with Crippen LogP contribution in [0, 0.1) is 0 Å². The van der Waals surface area contributed by atoms with Crippen LogP contribution < -0.4 is 0 Å². The minimum Gasteiger partial charge on any atom is -0.467 e. The van der Waals surface area contributed by atoms with Crippen molar-refractivity contribution in [3.63, 3.8) is 0 Å². The summed E-state index contributed by atoms with van der Waals surface area (Å²) in [5, 5.41) is 0. The Hall–Kier alpha value is -1.90. The molecule has 1 aliphatic carbocycles. The van der Waals surface area contributed by atoms with Crippen LogP contribution in [-0.2, 0) is 9.53 Å². The number of hydrogen-bond donors (Lipinski definition) is 0. The van der Waals surface area contributed by atoms with Crippen LogP contribution in [0.15, 0.2) is 47.0 Å². The largest absolute Gasteiger partial charge is 0.467 e. The average Bonchev–Trinajstić information content (AvgIpc) is 3.25. The van der Waals surface area contributed by atoms with Gasteiger partial charge in [0.15, 0.2) is 0 Å². The Balaban J connectivity index is 1.95. The third kappa shape index (κ3) is 1.89. The molecule has 0 saturated carbocycles. The molecule has 0 radical (unpaired) electrons. The molecule has 2 aliphatic rings. The van der Waals surface area contributed by atoms with Crippen LogP contribution in [0.3, 0.4) is 0 Å². The van der Waals surface area contributed by atoms with E-state index in [1.807, 2.05) is 30.3 Å².